The molecular formula is C40H18F6N6O2. The normalized spacial score (nSPS) is 11.8. The first kappa shape index (κ1) is 35.0. The molecule has 7 rings (SSSR count). The van der Waals surface area contributed by atoms with E-state index in [9.17, 15) is 47.4 Å². The average molecular weight is 729 g/mol. The Morgan fingerprint density at radius 1 is 0.463 bits per heavy atom. The molecule has 54 heavy (non-hydrogen) atoms. The van der Waals surface area contributed by atoms with Gasteiger partial charge in [-0.05, 0) is 57.6 Å². The molecule has 0 saturated carbocycles. The lowest BCUT2D eigenvalue weighted by Gasteiger charge is -2.15. The van der Waals surface area contributed by atoms with Crippen molar-refractivity contribution >= 4 is 22.2 Å². The van der Waals surface area contributed by atoms with E-state index in [2.05, 4.69) is 9.97 Å². The Kier molecular flexibility index (Phi) is 8.61. The van der Waals surface area contributed by atoms with E-state index in [0.29, 0.717) is 33.4 Å². The molecule has 0 amide bonds. The minimum absolute atomic E-state index is 0.0257. The SMILES string of the molecule is N#CC(C#N)c1nc2c(-c3ccccc3-c3ccc(C(F)(F)F)cc3)c3oc(C(C#N)C#N)nc3c(-c3ccccc3-c3ccc(C(F)(F)F)cc3)c2o1. The van der Waals surface area contributed by atoms with Crippen LogP contribution < -0.4 is 0 Å². The number of hydrogen-bond acceptors (Lipinski definition) is 8. The Morgan fingerprint density at radius 3 is 1.07 bits per heavy atom. The van der Waals surface area contributed by atoms with Crippen molar-refractivity contribution in [3.05, 3.63) is 120 Å². The number of hydrogen-bond donors (Lipinski definition) is 0. The number of aromatic nitrogens is 2. The van der Waals surface area contributed by atoms with Crippen molar-refractivity contribution in [2.75, 3.05) is 0 Å². The number of rotatable bonds is 6. The van der Waals surface area contributed by atoms with Crippen LogP contribution in [0.1, 0.15) is 34.7 Å². The van der Waals surface area contributed by atoms with Crippen molar-refractivity contribution < 1.29 is 35.2 Å². The second-order valence-corrected chi connectivity index (χ2v) is 11.8. The third-order valence-corrected chi connectivity index (χ3v) is 8.66. The van der Waals surface area contributed by atoms with Crippen LogP contribution in [0, 0.1) is 45.3 Å². The highest BCUT2D eigenvalue weighted by atomic mass is 19.4. The molecule has 0 atom stereocenters. The third-order valence-electron chi connectivity index (χ3n) is 8.66. The summed E-state index contributed by atoms with van der Waals surface area (Å²) < 4.78 is 93.2. The summed E-state index contributed by atoms with van der Waals surface area (Å²) in [7, 11) is 0. The van der Waals surface area contributed by atoms with Gasteiger partial charge in [-0.3, -0.25) is 0 Å². The number of alkyl halides is 6. The Bertz CT molecular complexity index is 2480. The zero-order valence-corrected chi connectivity index (χ0v) is 27.2. The summed E-state index contributed by atoms with van der Waals surface area (Å²) in [6.07, 6.45) is -9.18. The molecule has 5 aromatic carbocycles. The van der Waals surface area contributed by atoms with Gasteiger partial charge in [0.25, 0.3) is 0 Å². The van der Waals surface area contributed by atoms with Crippen LogP contribution in [0.4, 0.5) is 26.3 Å². The fraction of sp³-hybridized carbons (Fsp3) is 0.100. The zero-order valence-electron chi connectivity index (χ0n) is 27.2. The number of benzene rings is 5. The maximum atomic E-state index is 13.5. The van der Waals surface area contributed by atoms with Crippen LogP contribution in [0.5, 0.6) is 0 Å². The molecule has 0 aliphatic carbocycles. The first-order chi connectivity index (χ1) is 25.9. The van der Waals surface area contributed by atoms with Gasteiger partial charge in [0.15, 0.2) is 11.2 Å². The van der Waals surface area contributed by atoms with Gasteiger partial charge >= 0.3 is 12.4 Å². The molecule has 0 saturated heterocycles. The Balaban J connectivity index is 1.60. The molecule has 0 spiro atoms. The summed E-state index contributed by atoms with van der Waals surface area (Å²) in [4.78, 5) is 9.16. The minimum atomic E-state index is -4.59. The van der Waals surface area contributed by atoms with Gasteiger partial charge in [0, 0.05) is 0 Å². The van der Waals surface area contributed by atoms with Crippen molar-refractivity contribution in [2.45, 2.75) is 24.2 Å². The van der Waals surface area contributed by atoms with Gasteiger partial charge in [-0.15, -0.1) is 0 Å². The monoisotopic (exact) mass is 728 g/mol. The highest BCUT2D eigenvalue weighted by Gasteiger charge is 2.34. The van der Waals surface area contributed by atoms with Crippen LogP contribution in [-0.4, -0.2) is 9.97 Å². The van der Waals surface area contributed by atoms with Gasteiger partial charge in [0.2, 0.25) is 23.6 Å². The highest BCUT2D eigenvalue weighted by Crippen LogP contribution is 2.49. The van der Waals surface area contributed by atoms with Gasteiger partial charge in [-0.25, -0.2) is 9.97 Å². The Morgan fingerprint density at radius 2 is 0.778 bits per heavy atom. The van der Waals surface area contributed by atoms with Crippen molar-refractivity contribution in [1.82, 2.24) is 9.97 Å². The van der Waals surface area contributed by atoms with Crippen LogP contribution in [-0.2, 0) is 12.4 Å². The Hall–Kier alpha value is -7.42. The van der Waals surface area contributed by atoms with Gasteiger partial charge in [0.05, 0.1) is 46.5 Å². The van der Waals surface area contributed by atoms with Gasteiger partial charge < -0.3 is 8.83 Å². The van der Waals surface area contributed by atoms with E-state index in [-0.39, 0.29) is 45.1 Å². The maximum Gasteiger partial charge on any atom is 0.416 e. The molecule has 2 heterocycles. The van der Waals surface area contributed by atoms with E-state index in [0.717, 1.165) is 24.3 Å². The fourth-order valence-corrected chi connectivity index (χ4v) is 6.17. The smallest absolute Gasteiger partial charge is 0.416 e. The predicted molar refractivity (Wildman–Crippen MR) is 181 cm³/mol. The molecule has 0 aliphatic rings. The van der Waals surface area contributed by atoms with Crippen LogP contribution in [0.2, 0.25) is 0 Å². The van der Waals surface area contributed by atoms with Crippen molar-refractivity contribution in [1.29, 1.82) is 21.0 Å². The molecule has 262 valence electrons. The first-order valence-corrected chi connectivity index (χ1v) is 15.8. The molecule has 0 aliphatic heterocycles. The molecule has 0 N–H and O–H groups in total. The van der Waals surface area contributed by atoms with E-state index in [1.54, 1.807) is 48.5 Å². The van der Waals surface area contributed by atoms with Crippen molar-refractivity contribution in [2.24, 2.45) is 0 Å². The second kappa shape index (κ2) is 13.3. The largest absolute Gasteiger partial charge is 0.437 e. The van der Waals surface area contributed by atoms with Gasteiger partial charge in [-0.1, -0.05) is 72.8 Å². The lowest BCUT2D eigenvalue weighted by molar-refractivity contribution is -0.138. The standard InChI is InChI=1S/C40H18F6N6O2/c41-39(42,43)25-13-9-21(10-14-25)27-5-1-3-7-29(27)31-33-36(54-37(51-33)23(17-47)18-48)32(34-35(31)53-38(52-34)24(19-49)20-50)30-8-4-2-6-28(30)22-11-15-26(16-12-22)40(44,45)46/h1-16,23-24H. The second-order valence-electron chi connectivity index (χ2n) is 11.8. The summed E-state index contributed by atoms with van der Waals surface area (Å²) >= 11 is 0. The first-order valence-electron chi connectivity index (χ1n) is 15.8. The number of nitrogens with zero attached hydrogens (tertiary/aromatic N) is 6. The fourth-order valence-electron chi connectivity index (χ4n) is 6.17. The van der Waals surface area contributed by atoms with E-state index in [1.165, 1.54) is 24.3 Å². The third kappa shape index (κ3) is 6.02. The molecule has 0 fully saturated rings. The maximum absolute atomic E-state index is 13.5. The van der Waals surface area contributed by atoms with Crippen molar-refractivity contribution in [3.8, 4) is 68.8 Å². The topological polar surface area (TPSA) is 147 Å². The highest BCUT2D eigenvalue weighted by molar-refractivity contribution is 6.18. The van der Waals surface area contributed by atoms with Crippen LogP contribution >= 0.6 is 0 Å². The molecule has 0 radical (unpaired) electrons. The van der Waals surface area contributed by atoms with Gasteiger partial charge in [0.1, 0.15) is 11.0 Å². The summed E-state index contributed by atoms with van der Waals surface area (Å²) in [5.74, 6) is -3.61. The number of halogens is 6. The molecule has 14 heteroatoms. The minimum Gasteiger partial charge on any atom is -0.437 e. The zero-order chi connectivity index (χ0) is 38.4. The summed E-state index contributed by atoms with van der Waals surface area (Å²) in [6, 6.07) is 29.3. The number of fused-ring (bicyclic) bond motifs is 2. The predicted octanol–water partition coefficient (Wildman–Crippen LogP) is 10.9. The average Bonchev–Trinajstić information content (AvgIpc) is 3.79. The van der Waals surface area contributed by atoms with Crippen LogP contribution in [0.3, 0.4) is 0 Å². The summed E-state index contributed by atoms with van der Waals surface area (Å²) in [5, 5.41) is 39.2. The van der Waals surface area contributed by atoms with E-state index < -0.39 is 35.3 Å². The van der Waals surface area contributed by atoms with Crippen molar-refractivity contribution in [3.63, 3.8) is 0 Å². The van der Waals surface area contributed by atoms with Crippen LogP contribution in [0.25, 0.3) is 66.7 Å². The lowest BCUT2D eigenvalue weighted by Crippen LogP contribution is -2.04. The quantitative estimate of drug-likeness (QED) is 0.154. The molecule has 8 nitrogen and oxygen atoms in total. The summed E-state index contributed by atoms with van der Waals surface area (Å²) in [6.45, 7) is 0. The molecule has 7 aromatic rings. The van der Waals surface area contributed by atoms with Gasteiger partial charge in [-0.2, -0.15) is 47.4 Å². The van der Waals surface area contributed by atoms with Crippen LogP contribution in [0.15, 0.2) is 106 Å². The summed E-state index contributed by atoms with van der Waals surface area (Å²) in [5.41, 5.74) is 0.771. The number of oxazole rings is 2. The number of nitriles is 4. The van der Waals surface area contributed by atoms with E-state index in [1.807, 2.05) is 24.3 Å². The molecule has 0 unspecified atom stereocenters. The molecule has 0 bridgehead atoms. The van der Waals surface area contributed by atoms with E-state index >= 15 is 0 Å². The Labute approximate surface area is 301 Å². The van der Waals surface area contributed by atoms with E-state index in [4.69, 9.17) is 8.83 Å². The molecular weight excluding hydrogens is 710 g/mol. The lowest BCUT2D eigenvalue weighted by atomic mass is 9.89. The molecule has 2 aromatic heterocycles.